The Balaban J connectivity index is 2.03. The molecular formula is C13H10N2OS2. The van der Waals surface area contributed by atoms with Crippen molar-refractivity contribution in [2.45, 2.75) is 0 Å². The van der Waals surface area contributed by atoms with Gasteiger partial charge in [0.2, 0.25) is 0 Å². The highest BCUT2D eigenvalue weighted by Gasteiger charge is 2.11. The first-order valence-corrected chi connectivity index (χ1v) is 7.09. The lowest BCUT2D eigenvalue weighted by Gasteiger charge is -1.92. The minimum Gasteiger partial charge on any atom is -0.354 e. The molecule has 2 heterocycles. The van der Waals surface area contributed by atoms with Crippen molar-refractivity contribution in [2.75, 3.05) is 7.05 Å². The molecule has 1 amide bonds. The van der Waals surface area contributed by atoms with Crippen molar-refractivity contribution >= 4 is 38.8 Å². The number of fused-ring (bicyclic) bond motifs is 1. The smallest absolute Gasteiger partial charge is 0.261 e. The second-order valence-electron chi connectivity index (χ2n) is 3.73. The summed E-state index contributed by atoms with van der Waals surface area (Å²) in [6.07, 6.45) is 0. The quantitative estimate of drug-likeness (QED) is 0.778. The molecule has 1 aromatic carbocycles. The fourth-order valence-electron chi connectivity index (χ4n) is 1.68. The minimum atomic E-state index is -0.0487. The first kappa shape index (κ1) is 11.4. The van der Waals surface area contributed by atoms with E-state index in [1.54, 1.807) is 18.4 Å². The van der Waals surface area contributed by atoms with E-state index in [4.69, 9.17) is 0 Å². The van der Waals surface area contributed by atoms with Crippen molar-refractivity contribution in [3.8, 4) is 9.88 Å². The highest BCUT2D eigenvalue weighted by Crippen LogP contribution is 2.34. The molecule has 0 aliphatic heterocycles. The topological polar surface area (TPSA) is 42.0 Å². The van der Waals surface area contributed by atoms with Crippen LogP contribution in [0.1, 0.15) is 9.67 Å². The summed E-state index contributed by atoms with van der Waals surface area (Å²) in [4.78, 5) is 17.8. The second kappa shape index (κ2) is 4.51. The molecule has 0 saturated heterocycles. The fourth-order valence-corrected chi connectivity index (χ4v) is 3.65. The van der Waals surface area contributed by atoms with E-state index in [2.05, 4.69) is 16.4 Å². The summed E-state index contributed by atoms with van der Waals surface area (Å²) in [7, 11) is 1.64. The maximum atomic E-state index is 11.5. The Bertz CT molecular complexity index is 681. The molecule has 0 saturated carbocycles. The largest absolute Gasteiger partial charge is 0.354 e. The Hall–Kier alpha value is -1.72. The third-order valence-corrected chi connectivity index (χ3v) is 4.85. The Kier molecular flexibility index (Phi) is 2.85. The number of thiophene rings is 1. The molecule has 3 rings (SSSR count). The van der Waals surface area contributed by atoms with Crippen LogP contribution in [-0.2, 0) is 0 Å². The van der Waals surface area contributed by atoms with Crippen LogP contribution < -0.4 is 5.32 Å². The Morgan fingerprint density at radius 2 is 2.00 bits per heavy atom. The van der Waals surface area contributed by atoms with E-state index in [1.807, 2.05) is 30.3 Å². The first-order valence-electron chi connectivity index (χ1n) is 5.46. The average molecular weight is 274 g/mol. The number of carbonyl (C=O) groups is 1. The van der Waals surface area contributed by atoms with Crippen LogP contribution in [0.2, 0.25) is 0 Å². The zero-order valence-electron chi connectivity index (χ0n) is 9.64. The molecule has 0 unspecified atom stereocenters. The number of rotatable bonds is 2. The van der Waals surface area contributed by atoms with Gasteiger partial charge >= 0.3 is 0 Å². The van der Waals surface area contributed by atoms with Gasteiger partial charge in [-0.3, -0.25) is 4.79 Å². The van der Waals surface area contributed by atoms with Crippen molar-refractivity contribution < 1.29 is 4.79 Å². The van der Waals surface area contributed by atoms with Crippen LogP contribution in [0.3, 0.4) is 0 Å². The number of hydrogen-bond donors (Lipinski definition) is 1. The number of thiazole rings is 1. The molecule has 5 heteroatoms. The highest BCUT2D eigenvalue weighted by molar-refractivity contribution is 7.26. The molecule has 0 fully saturated rings. The van der Waals surface area contributed by atoms with E-state index < -0.39 is 0 Å². The van der Waals surface area contributed by atoms with Gasteiger partial charge in [0, 0.05) is 7.05 Å². The Morgan fingerprint density at radius 1 is 1.17 bits per heavy atom. The van der Waals surface area contributed by atoms with E-state index in [0.29, 0.717) is 4.88 Å². The molecule has 3 nitrogen and oxygen atoms in total. The minimum absolute atomic E-state index is 0.0487. The van der Waals surface area contributed by atoms with E-state index in [9.17, 15) is 4.79 Å². The van der Waals surface area contributed by atoms with Crippen molar-refractivity contribution in [1.29, 1.82) is 0 Å². The zero-order valence-corrected chi connectivity index (χ0v) is 11.3. The number of aromatic nitrogens is 1. The van der Waals surface area contributed by atoms with Crippen molar-refractivity contribution in [1.82, 2.24) is 10.3 Å². The number of para-hydroxylation sites is 1. The van der Waals surface area contributed by atoms with Crippen molar-refractivity contribution in [2.24, 2.45) is 0 Å². The lowest BCUT2D eigenvalue weighted by Crippen LogP contribution is -2.15. The predicted molar refractivity (Wildman–Crippen MR) is 76.3 cm³/mol. The maximum absolute atomic E-state index is 11.5. The maximum Gasteiger partial charge on any atom is 0.261 e. The molecular weight excluding hydrogens is 264 g/mol. The Labute approximate surface area is 112 Å². The molecule has 2 aromatic heterocycles. The lowest BCUT2D eigenvalue weighted by molar-refractivity contribution is 0.0967. The molecule has 0 aliphatic rings. The summed E-state index contributed by atoms with van der Waals surface area (Å²) in [6.45, 7) is 0. The lowest BCUT2D eigenvalue weighted by atomic mass is 10.3. The summed E-state index contributed by atoms with van der Waals surface area (Å²) in [5, 5.41) is 3.60. The highest BCUT2D eigenvalue weighted by atomic mass is 32.1. The molecule has 0 atom stereocenters. The second-order valence-corrected chi connectivity index (χ2v) is 5.84. The van der Waals surface area contributed by atoms with E-state index in [0.717, 1.165) is 15.4 Å². The van der Waals surface area contributed by atoms with E-state index in [-0.39, 0.29) is 5.91 Å². The molecule has 0 aliphatic carbocycles. The molecule has 0 bridgehead atoms. The molecule has 18 heavy (non-hydrogen) atoms. The van der Waals surface area contributed by atoms with E-state index in [1.165, 1.54) is 16.0 Å². The summed E-state index contributed by atoms with van der Waals surface area (Å²) < 4.78 is 1.17. The number of carbonyl (C=O) groups excluding carboxylic acids is 1. The van der Waals surface area contributed by atoms with Crippen LogP contribution >= 0.6 is 22.7 Å². The van der Waals surface area contributed by atoms with Crippen LogP contribution in [0, 0.1) is 0 Å². The third kappa shape index (κ3) is 1.91. The predicted octanol–water partition coefficient (Wildman–Crippen LogP) is 3.38. The third-order valence-electron chi connectivity index (χ3n) is 2.56. The summed E-state index contributed by atoms with van der Waals surface area (Å²) in [5.74, 6) is -0.0487. The van der Waals surface area contributed by atoms with Gasteiger partial charge in [-0.1, -0.05) is 12.1 Å². The standard InChI is InChI=1S/C13H10N2OS2/c1-14-12(16)10-6-7-11(17-10)13-15-8-4-2-3-5-9(8)18-13/h2-7H,1H3,(H,14,16). The van der Waals surface area contributed by atoms with Crippen LogP contribution in [0.25, 0.3) is 20.1 Å². The van der Waals surface area contributed by atoms with E-state index >= 15 is 0 Å². The zero-order chi connectivity index (χ0) is 12.5. The van der Waals surface area contributed by atoms with Gasteiger partial charge in [0.15, 0.2) is 0 Å². The first-order chi connectivity index (χ1) is 8.78. The SMILES string of the molecule is CNC(=O)c1ccc(-c2nc3ccccc3s2)s1. The van der Waals surface area contributed by atoms with Crippen LogP contribution in [0.5, 0.6) is 0 Å². The van der Waals surface area contributed by atoms with Gasteiger partial charge < -0.3 is 5.32 Å². The monoisotopic (exact) mass is 274 g/mol. The number of nitrogens with zero attached hydrogens (tertiary/aromatic N) is 1. The van der Waals surface area contributed by atoms with Crippen LogP contribution in [0.4, 0.5) is 0 Å². The summed E-state index contributed by atoms with van der Waals surface area (Å²) in [6, 6.07) is 11.8. The number of hydrogen-bond acceptors (Lipinski definition) is 4. The van der Waals surface area contributed by atoms with Crippen LogP contribution in [0.15, 0.2) is 36.4 Å². The van der Waals surface area contributed by atoms with Gasteiger partial charge in [-0.15, -0.1) is 22.7 Å². The molecule has 1 N–H and O–H groups in total. The number of benzene rings is 1. The average Bonchev–Trinajstić information content (AvgIpc) is 3.03. The molecule has 0 spiro atoms. The summed E-state index contributed by atoms with van der Waals surface area (Å²) >= 11 is 3.12. The van der Waals surface area contributed by atoms with Crippen molar-refractivity contribution in [3.05, 3.63) is 41.3 Å². The van der Waals surface area contributed by atoms with Crippen LogP contribution in [-0.4, -0.2) is 17.9 Å². The fraction of sp³-hybridized carbons (Fsp3) is 0.0769. The van der Waals surface area contributed by atoms with Crippen molar-refractivity contribution in [3.63, 3.8) is 0 Å². The molecule has 0 radical (unpaired) electrons. The van der Waals surface area contributed by atoms with Gasteiger partial charge in [0.25, 0.3) is 5.91 Å². The van der Waals surface area contributed by atoms with Gasteiger partial charge in [0.05, 0.1) is 20.0 Å². The van der Waals surface area contributed by atoms with Gasteiger partial charge in [-0.2, -0.15) is 0 Å². The molecule has 3 aromatic rings. The normalized spacial score (nSPS) is 10.7. The Morgan fingerprint density at radius 3 is 2.78 bits per heavy atom. The molecule has 90 valence electrons. The van der Waals surface area contributed by atoms with Gasteiger partial charge in [0.1, 0.15) is 5.01 Å². The summed E-state index contributed by atoms with van der Waals surface area (Å²) in [5.41, 5.74) is 1.01. The van der Waals surface area contributed by atoms with Gasteiger partial charge in [-0.05, 0) is 24.3 Å². The van der Waals surface area contributed by atoms with Gasteiger partial charge in [-0.25, -0.2) is 4.98 Å². The number of amides is 1. The number of nitrogens with one attached hydrogen (secondary N) is 1.